The first-order chi connectivity index (χ1) is 16.3. The normalized spacial score (nSPS) is 15.3. The molecule has 2 aromatic carbocycles. The topological polar surface area (TPSA) is 100 Å². The standard InChI is InChI=1S/C23H20F3N5O3/c24-15-7-8-18(26)16(12-15)19-6-3-11-30(19)21-10-9-20(31(33)34)22(28-21)29-23(32)27-13-14-4-1-2-5-17(14)25/h1-2,4-5,7-10,12,19H,3,6,11,13H2,(H2,27,28,29,32). The van der Waals surface area contributed by atoms with Crippen LogP contribution in [-0.2, 0) is 6.54 Å². The van der Waals surface area contributed by atoms with E-state index in [-0.39, 0.29) is 29.3 Å². The zero-order chi connectivity index (χ0) is 24.2. The van der Waals surface area contributed by atoms with Crippen molar-refractivity contribution in [3.05, 3.63) is 93.3 Å². The van der Waals surface area contributed by atoms with E-state index in [4.69, 9.17) is 0 Å². The van der Waals surface area contributed by atoms with Gasteiger partial charge in [-0.1, -0.05) is 18.2 Å². The Kier molecular flexibility index (Phi) is 6.62. The average Bonchev–Trinajstić information content (AvgIpc) is 3.29. The van der Waals surface area contributed by atoms with Gasteiger partial charge in [0.25, 0.3) is 0 Å². The molecule has 1 aliphatic rings. The molecule has 1 aromatic heterocycles. The number of rotatable bonds is 6. The van der Waals surface area contributed by atoms with Crippen LogP contribution in [0.3, 0.4) is 0 Å². The number of urea groups is 1. The molecule has 0 bridgehead atoms. The molecule has 0 aliphatic carbocycles. The third-order valence-corrected chi connectivity index (χ3v) is 5.55. The van der Waals surface area contributed by atoms with Crippen molar-refractivity contribution >= 4 is 23.4 Å². The number of benzene rings is 2. The molecule has 2 N–H and O–H groups in total. The highest BCUT2D eigenvalue weighted by Crippen LogP contribution is 2.38. The van der Waals surface area contributed by atoms with Crippen LogP contribution in [0.2, 0.25) is 0 Å². The molecule has 0 spiro atoms. The second kappa shape index (κ2) is 9.77. The number of pyridine rings is 1. The Bertz CT molecular complexity index is 1240. The fourth-order valence-electron chi connectivity index (χ4n) is 3.94. The maximum atomic E-state index is 14.4. The van der Waals surface area contributed by atoms with Crippen molar-refractivity contribution in [3.63, 3.8) is 0 Å². The molecule has 1 atom stereocenters. The number of hydrogen-bond acceptors (Lipinski definition) is 5. The van der Waals surface area contributed by atoms with Crippen molar-refractivity contribution in [2.75, 3.05) is 16.8 Å². The number of aromatic nitrogens is 1. The Morgan fingerprint density at radius 3 is 2.68 bits per heavy atom. The van der Waals surface area contributed by atoms with E-state index in [1.165, 1.54) is 30.3 Å². The molecule has 3 aromatic rings. The first-order valence-electron chi connectivity index (χ1n) is 10.5. The van der Waals surface area contributed by atoms with Crippen LogP contribution in [0.15, 0.2) is 54.6 Å². The van der Waals surface area contributed by atoms with Crippen molar-refractivity contribution in [2.45, 2.75) is 25.4 Å². The Hall–Kier alpha value is -4.15. The number of anilines is 2. The molecule has 2 heterocycles. The van der Waals surface area contributed by atoms with Gasteiger partial charge in [0.1, 0.15) is 23.3 Å². The Labute approximate surface area is 192 Å². The highest BCUT2D eigenvalue weighted by Gasteiger charge is 2.31. The summed E-state index contributed by atoms with van der Waals surface area (Å²) in [6.45, 7) is 0.323. The van der Waals surface area contributed by atoms with E-state index in [9.17, 15) is 28.1 Å². The van der Waals surface area contributed by atoms with Gasteiger partial charge >= 0.3 is 11.7 Å². The predicted molar refractivity (Wildman–Crippen MR) is 119 cm³/mol. The quantitative estimate of drug-likeness (QED) is 0.386. The van der Waals surface area contributed by atoms with E-state index < -0.39 is 40.1 Å². The minimum Gasteiger partial charge on any atom is -0.349 e. The molecular weight excluding hydrogens is 451 g/mol. The summed E-state index contributed by atoms with van der Waals surface area (Å²) in [5.74, 6) is -1.70. The SMILES string of the molecule is O=C(NCc1ccccc1F)Nc1nc(N2CCCC2c2cc(F)ccc2F)ccc1[N+](=O)[O-]. The molecule has 1 fully saturated rings. The second-order valence-corrected chi connectivity index (χ2v) is 7.71. The summed E-state index contributed by atoms with van der Waals surface area (Å²) in [4.78, 5) is 29.1. The molecular formula is C23H20F3N5O3. The van der Waals surface area contributed by atoms with Gasteiger partial charge in [-0.2, -0.15) is 0 Å². The van der Waals surface area contributed by atoms with Crippen LogP contribution in [0, 0.1) is 27.6 Å². The largest absolute Gasteiger partial charge is 0.349 e. The zero-order valence-electron chi connectivity index (χ0n) is 17.8. The number of nitro groups is 1. The van der Waals surface area contributed by atoms with Gasteiger partial charge in [0, 0.05) is 30.3 Å². The summed E-state index contributed by atoms with van der Waals surface area (Å²) < 4.78 is 41.9. The van der Waals surface area contributed by atoms with Crippen molar-refractivity contribution < 1.29 is 22.9 Å². The Balaban J connectivity index is 1.57. The number of carbonyl (C=O) groups excluding carboxylic acids is 1. The third-order valence-electron chi connectivity index (χ3n) is 5.55. The lowest BCUT2D eigenvalue weighted by Gasteiger charge is -2.26. The van der Waals surface area contributed by atoms with Crippen molar-refractivity contribution in [1.29, 1.82) is 0 Å². The maximum absolute atomic E-state index is 14.4. The van der Waals surface area contributed by atoms with E-state index in [2.05, 4.69) is 15.6 Å². The van der Waals surface area contributed by atoms with Crippen LogP contribution in [-0.4, -0.2) is 22.5 Å². The van der Waals surface area contributed by atoms with Crippen LogP contribution >= 0.6 is 0 Å². The summed E-state index contributed by atoms with van der Waals surface area (Å²) in [5, 5.41) is 16.2. The molecule has 2 amide bonds. The first kappa shape index (κ1) is 23.0. The van der Waals surface area contributed by atoms with Crippen LogP contribution in [0.4, 0.5) is 35.3 Å². The molecule has 0 radical (unpaired) electrons. The summed E-state index contributed by atoms with van der Waals surface area (Å²) in [6.07, 6.45) is 1.20. The van der Waals surface area contributed by atoms with E-state index >= 15 is 0 Å². The van der Waals surface area contributed by atoms with Crippen LogP contribution in [0.1, 0.15) is 30.0 Å². The van der Waals surface area contributed by atoms with Gasteiger partial charge in [-0.25, -0.2) is 22.9 Å². The average molecular weight is 471 g/mol. The predicted octanol–water partition coefficient (Wildman–Crippen LogP) is 5.07. The third kappa shape index (κ3) is 4.92. The second-order valence-electron chi connectivity index (χ2n) is 7.71. The summed E-state index contributed by atoms with van der Waals surface area (Å²) in [7, 11) is 0. The van der Waals surface area contributed by atoms with Crippen LogP contribution < -0.4 is 15.5 Å². The molecule has 1 saturated heterocycles. The number of carbonyl (C=O) groups is 1. The van der Waals surface area contributed by atoms with Gasteiger partial charge in [0.15, 0.2) is 0 Å². The fourth-order valence-corrected chi connectivity index (χ4v) is 3.94. The van der Waals surface area contributed by atoms with Gasteiger partial charge in [0.05, 0.1) is 11.0 Å². The summed E-state index contributed by atoms with van der Waals surface area (Å²) in [5.41, 5.74) is -0.0434. The lowest BCUT2D eigenvalue weighted by molar-refractivity contribution is -0.384. The Morgan fingerprint density at radius 1 is 1.12 bits per heavy atom. The smallest absolute Gasteiger partial charge is 0.320 e. The highest BCUT2D eigenvalue weighted by atomic mass is 19.1. The van der Waals surface area contributed by atoms with Crippen molar-refractivity contribution in [1.82, 2.24) is 10.3 Å². The van der Waals surface area contributed by atoms with Crippen LogP contribution in [0.5, 0.6) is 0 Å². The van der Waals surface area contributed by atoms with Gasteiger partial charge in [-0.05, 0) is 43.2 Å². The van der Waals surface area contributed by atoms with Gasteiger partial charge < -0.3 is 10.2 Å². The van der Waals surface area contributed by atoms with E-state index in [1.807, 2.05) is 0 Å². The molecule has 11 heteroatoms. The molecule has 8 nitrogen and oxygen atoms in total. The molecule has 4 rings (SSSR count). The van der Waals surface area contributed by atoms with E-state index in [0.717, 1.165) is 18.2 Å². The first-order valence-corrected chi connectivity index (χ1v) is 10.5. The van der Waals surface area contributed by atoms with E-state index in [0.29, 0.717) is 19.4 Å². The van der Waals surface area contributed by atoms with Crippen LogP contribution in [0.25, 0.3) is 0 Å². The van der Waals surface area contributed by atoms with Gasteiger partial charge in [0.2, 0.25) is 5.82 Å². The minimum absolute atomic E-state index is 0.140. The minimum atomic E-state index is -0.815. The van der Waals surface area contributed by atoms with Crippen molar-refractivity contribution in [2.24, 2.45) is 0 Å². The molecule has 1 unspecified atom stereocenters. The zero-order valence-corrected chi connectivity index (χ0v) is 17.8. The highest BCUT2D eigenvalue weighted by molar-refractivity contribution is 5.90. The summed E-state index contributed by atoms with van der Waals surface area (Å²) in [6, 6.07) is 10.3. The van der Waals surface area contributed by atoms with Gasteiger partial charge in [-0.3, -0.25) is 15.4 Å². The lowest BCUT2D eigenvalue weighted by Crippen LogP contribution is -2.30. The number of nitrogens with zero attached hydrogens (tertiary/aromatic N) is 3. The molecule has 176 valence electrons. The number of halogens is 3. The van der Waals surface area contributed by atoms with E-state index in [1.54, 1.807) is 11.0 Å². The molecule has 1 aliphatic heterocycles. The Morgan fingerprint density at radius 2 is 1.91 bits per heavy atom. The fraction of sp³-hybridized carbons (Fsp3) is 0.217. The number of nitrogens with one attached hydrogen (secondary N) is 2. The lowest BCUT2D eigenvalue weighted by atomic mass is 10.0. The number of amides is 2. The number of hydrogen-bond donors (Lipinski definition) is 2. The molecule has 34 heavy (non-hydrogen) atoms. The van der Waals surface area contributed by atoms with Crippen molar-refractivity contribution in [3.8, 4) is 0 Å². The summed E-state index contributed by atoms with van der Waals surface area (Å²) >= 11 is 0. The maximum Gasteiger partial charge on any atom is 0.320 e. The monoisotopic (exact) mass is 471 g/mol. The van der Waals surface area contributed by atoms with Gasteiger partial charge in [-0.15, -0.1) is 0 Å². The molecule has 0 saturated carbocycles.